The predicted molar refractivity (Wildman–Crippen MR) is 87.8 cm³/mol. The molecule has 0 saturated heterocycles. The zero-order valence-corrected chi connectivity index (χ0v) is 12.5. The maximum atomic E-state index is 9.38. The van der Waals surface area contributed by atoms with Crippen LogP contribution in [0.5, 0.6) is 0 Å². The molecule has 2 aromatic heterocycles. The number of benzene rings is 1. The first kappa shape index (κ1) is 14.5. The van der Waals surface area contributed by atoms with Gasteiger partial charge < -0.3 is 8.98 Å². The molecule has 0 aliphatic heterocycles. The first-order chi connectivity index (χ1) is 11.3. The number of hydrogen-bond donors (Lipinski definition) is 0. The number of hydrogen-bond acceptors (Lipinski definition) is 4. The molecule has 0 N–H and O–H groups in total. The van der Waals surface area contributed by atoms with Gasteiger partial charge in [-0.05, 0) is 24.3 Å². The summed E-state index contributed by atoms with van der Waals surface area (Å²) in [5.74, 6) is 1.97. The minimum atomic E-state index is 0.435. The summed E-state index contributed by atoms with van der Waals surface area (Å²) < 4.78 is 7.02. The summed E-state index contributed by atoms with van der Waals surface area (Å²) in [7, 11) is 1.85. The summed E-state index contributed by atoms with van der Waals surface area (Å²) in [6.45, 7) is 0. The fourth-order valence-electron chi connectivity index (χ4n) is 2.19. The molecule has 0 saturated carbocycles. The fraction of sp³-hybridized carbons (Fsp3) is 0.0556. The highest BCUT2D eigenvalue weighted by Crippen LogP contribution is 2.20. The van der Waals surface area contributed by atoms with E-state index in [0.29, 0.717) is 11.4 Å². The van der Waals surface area contributed by atoms with E-state index in [4.69, 9.17) is 4.42 Å². The number of rotatable bonds is 4. The standard InChI is InChI=1S/C18H14N4O/c1-22-17(14-7-3-2-4-8-14)20-21-18(22)15(13-19)9-5-10-16-11-6-12-23-16/h2-12H,1H3/b10-5-,15-9+. The monoisotopic (exact) mass is 302 g/mol. The Kier molecular flexibility index (Phi) is 4.16. The summed E-state index contributed by atoms with van der Waals surface area (Å²) in [5.41, 5.74) is 1.39. The van der Waals surface area contributed by atoms with Crippen LogP contribution in [-0.4, -0.2) is 14.8 Å². The first-order valence-electron chi connectivity index (χ1n) is 7.07. The van der Waals surface area contributed by atoms with E-state index in [2.05, 4.69) is 16.3 Å². The van der Waals surface area contributed by atoms with Gasteiger partial charge in [-0.2, -0.15) is 5.26 Å². The Morgan fingerprint density at radius 1 is 1.17 bits per heavy atom. The summed E-state index contributed by atoms with van der Waals surface area (Å²) in [5, 5.41) is 17.7. The summed E-state index contributed by atoms with van der Waals surface area (Å²) in [6, 6.07) is 15.6. The third-order valence-electron chi connectivity index (χ3n) is 3.33. The minimum Gasteiger partial charge on any atom is -0.465 e. The van der Waals surface area contributed by atoms with Crippen molar-refractivity contribution in [1.82, 2.24) is 14.8 Å². The molecule has 0 atom stereocenters. The predicted octanol–water partition coefficient (Wildman–Crippen LogP) is 3.70. The largest absolute Gasteiger partial charge is 0.465 e. The molecule has 5 nitrogen and oxygen atoms in total. The lowest BCUT2D eigenvalue weighted by molar-refractivity contribution is 0.557. The molecule has 0 aliphatic carbocycles. The highest BCUT2D eigenvalue weighted by molar-refractivity contribution is 5.76. The Labute approximate surface area is 133 Å². The zero-order valence-electron chi connectivity index (χ0n) is 12.5. The number of nitrogens with zero attached hydrogens (tertiary/aromatic N) is 4. The van der Waals surface area contributed by atoms with E-state index in [1.807, 2.05) is 54.1 Å². The van der Waals surface area contributed by atoms with Gasteiger partial charge in [-0.1, -0.05) is 36.4 Å². The average Bonchev–Trinajstić information content (AvgIpc) is 3.23. The molecule has 0 amide bonds. The maximum Gasteiger partial charge on any atom is 0.174 e. The van der Waals surface area contributed by atoms with Gasteiger partial charge in [0.2, 0.25) is 0 Å². The van der Waals surface area contributed by atoms with Crippen LogP contribution in [0.3, 0.4) is 0 Å². The molecule has 1 aromatic carbocycles. The first-order valence-corrected chi connectivity index (χ1v) is 7.07. The normalized spacial score (nSPS) is 11.7. The highest BCUT2D eigenvalue weighted by Gasteiger charge is 2.13. The van der Waals surface area contributed by atoms with E-state index >= 15 is 0 Å². The van der Waals surface area contributed by atoms with Gasteiger partial charge in [-0.15, -0.1) is 10.2 Å². The molecule has 3 rings (SSSR count). The summed E-state index contributed by atoms with van der Waals surface area (Å²) >= 11 is 0. The lowest BCUT2D eigenvalue weighted by Crippen LogP contribution is -1.98. The molecule has 23 heavy (non-hydrogen) atoms. The van der Waals surface area contributed by atoms with Crippen LogP contribution in [0, 0.1) is 11.3 Å². The second kappa shape index (κ2) is 6.58. The Bertz CT molecular complexity index is 881. The molecule has 3 aromatic rings. The third-order valence-corrected chi connectivity index (χ3v) is 3.33. The smallest absolute Gasteiger partial charge is 0.174 e. The van der Waals surface area contributed by atoms with E-state index in [0.717, 1.165) is 17.1 Å². The molecular weight excluding hydrogens is 288 g/mol. The number of furan rings is 1. The molecule has 0 aliphatic rings. The second-order valence-electron chi connectivity index (χ2n) is 4.84. The lowest BCUT2D eigenvalue weighted by atomic mass is 10.2. The van der Waals surface area contributed by atoms with Crippen molar-refractivity contribution in [3.8, 4) is 17.5 Å². The van der Waals surface area contributed by atoms with Gasteiger partial charge in [0, 0.05) is 12.6 Å². The van der Waals surface area contributed by atoms with Gasteiger partial charge in [0.15, 0.2) is 11.6 Å². The van der Waals surface area contributed by atoms with Gasteiger partial charge in [0.05, 0.1) is 11.8 Å². The molecule has 0 fully saturated rings. The number of aromatic nitrogens is 3. The van der Waals surface area contributed by atoms with Crippen LogP contribution in [0.15, 0.2) is 65.3 Å². The van der Waals surface area contributed by atoms with Crippen molar-refractivity contribution in [3.63, 3.8) is 0 Å². The molecule has 0 unspecified atom stereocenters. The van der Waals surface area contributed by atoms with Gasteiger partial charge in [0.25, 0.3) is 0 Å². The van der Waals surface area contributed by atoms with Gasteiger partial charge in [-0.3, -0.25) is 0 Å². The van der Waals surface area contributed by atoms with Crippen LogP contribution in [0.4, 0.5) is 0 Å². The molecule has 0 bridgehead atoms. The Morgan fingerprint density at radius 3 is 2.70 bits per heavy atom. The van der Waals surface area contributed by atoms with E-state index in [1.54, 1.807) is 24.5 Å². The lowest BCUT2D eigenvalue weighted by Gasteiger charge is -2.02. The quantitative estimate of drug-likeness (QED) is 0.544. The molecule has 0 spiro atoms. The summed E-state index contributed by atoms with van der Waals surface area (Å²) in [6.07, 6.45) is 6.84. The Hall–Kier alpha value is -3.39. The van der Waals surface area contributed by atoms with E-state index in [9.17, 15) is 5.26 Å². The van der Waals surface area contributed by atoms with Crippen molar-refractivity contribution in [3.05, 3.63) is 72.5 Å². The van der Waals surface area contributed by atoms with Crippen LogP contribution in [0.1, 0.15) is 11.6 Å². The number of nitriles is 1. The van der Waals surface area contributed by atoms with Crippen LogP contribution in [0.2, 0.25) is 0 Å². The van der Waals surface area contributed by atoms with Crippen LogP contribution in [-0.2, 0) is 7.05 Å². The third kappa shape index (κ3) is 3.11. The zero-order chi connectivity index (χ0) is 16.1. The molecular formula is C18H14N4O. The highest BCUT2D eigenvalue weighted by atomic mass is 16.3. The van der Waals surface area contributed by atoms with Crippen molar-refractivity contribution < 1.29 is 4.42 Å². The fourth-order valence-corrected chi connectivity index (χ4v) is 2.19. The van der Waals surface area contributed by atoms with Crippen molar-refractivity contribution in [2.45, 2.75) is 0 Å². The maximum absolute atomic E-state index is 9.38. The minimum absolute atomic E-state index is 0.435. The molecule has 0 radical (unpaired) electrons. The van der Waals surface area contributed by atoms with Crippen molar-refractivity contribution in [2.75, 3.05) is 0 Å². The van der Waals surface area contributed by atoms with Crippen LogP contribution >= 0.6 is 0 Å². The van der Waals surface area contributed by atoms with Crippen molar-refractivity contribution in [2.24, 2.45) is 7.05 Å². The topological polar surface area (TPSA) is 67.6 Å². The molecule has 112 valence electrons. The van der Waals surface area contributed by atoms with Gasteiger partial charge >= 0.3 is 0 Å². The van der Waals surface area contributed by atoms with E-state index in [-0.39, 0.29) is 0 Å². The second-order valence-corrected chi connectivity index (χ2v) is 4.84. The van der Waals surface area contributed by atoms with Crippen molar-refractivity contribution in [1.29, 1.82) is 5.26 Å². The Morgan fingerprint density at radius 2 is 2.00 bits per heavy atom. The average molecular weight is 302 g/mol. The van der Waals surface area contributed by atoms with Crippen LogP contribution < -0.4 is 0 Å². The van der Waals surface area contributed by atoms with Crippen molar-refractivity contribution >= 4 is 11.6 Å². The van der Waals surface area contributed by atoms with E-state index < -0.39 is 0 Å². The Balaban J connectivity index is 1.91. The number of allylic oxidation sites excluding steroid dienone is 3. The molecule has 5 heteroatoms. The van der Waals surface area contributed by atoms with Gasteiger partial charge in [-0.25, -0.2) is 0 Å². The van der Waals surface area contributed by atoms with Gasteiger partial charge in [0.1, 0.15) is 11.8 Å². The van der Waals surface area contributed by atoms with Crippen LogP contribution in [0.25, 0.3) is 23.0 Å². The summed E-state index contributed by atoms with van der Waals surface area (Å²) in [4.78, 5) is 0. The SMILES string of the molecule is Cn1c(/C(C#N)=C/C=C\c2ccco2)nnc1-c1ccccc1. The molecule has 2 heterocycles. The van der Waals surface area contributed by atoms with E-state index in [1.165, 1.54) is 0 Å².